The molecule has 0 bridgehead atoms. The minimum atomic E-state index is 0.568. The van der Waals surface area contributed by atoms with Gasteiger partial charge in [-0.2, -0.15) is 0 Å². The zero-order chi connectivity index (χ0) is 9.10. The van der Waals surface area contributed by atoms with E-state index in [4.69, 9.17) is 4.74 Å². The Morgan fingerprint density at radius 1 is 1.00 bits per heavy atom. The molecular weight excluding hydrogens is 228 g/mol. The van der Waals surface area contributed by atoms with Crippen molar-refractivity contribution >= 4 is 15.9 Å². The lowest BCUT2D eigenvalue weighted by Crippen LogP contribution is -2.33. The number of rotatable bonds is 1. The summed E-state index contributed by atoms with van der Waals surface area (Å²) >= 11 is 3.72. The average molecular weight is 247 g/mol. The Morgan fingerprint density at radius 2 is 1.77 bits per heavy atom. The minimum Gasteiger partial charge on any atom is -0.378 e. The Bertz CT molecular complexity index is 154. The van der Waals surface area contributed by atoms with Crippen molar-refractivity contribution in [2.24, 2.45) is 5.92 Å². The Balaban J connectivity index is 1.83. The van der Waals surface area contributed by atoms with Gasteiger partial charge in [0.05, 0.1) is 6.10 Å². The first-order chi connectivity index (χ1) is 6.36. The normalized spacial score (nSPS) is 37.6. The van der Waals surface area contributed by atoms with Gasteiger partial charge in [-0.15, -0.1) is 0 Å². The standard InChI is InChI=1S/C11H19BrO/c12-10-6-7-13-11(8-10)9-4-2-1-3-5-9/h9-11H,1-8H2/t10-,11+/m1/s1. The number of halogens is 1. The first kappa shape index (κ1) is 9.97. The van der Waals surface area contributed by atoms with Crippen molar-refractivity contribution in [2.45, 2.75) is 55.9 Å². The van der Waals surface area contributed by atoms with Crippen LogP contribution in [0.15, 0.2) is 0 Å². The van der Waals surface area contributed by atoms with E-state index in [0.29, 0.717) is 10.9 Å². The van der Waals surface area contributed by atoms with Crippen molar-refractivity contribution in [3.05, 3.63) is 0 Å². The molecule has 0 unspecified atom stereocenters. The molecule has 0 aromatic rings. The third kappa shape index (κ3) is 2.69. The van der Waals surface area contributed by atoms with Crippen LogP contribution in [0, 0.1) is 5.92 Å². The minimum absolute atomic E-state index is 0.568. The first-order valence-corrected chi connectivity index (χ1v) is 6.53. The molecule has 13 heavy (non-hydrogen) atoms. The van der Waals surface area contributed by atoms with Crippen LogP contribution in [0.3, 0.4) is 0 Å². The molecule has 1 aliphatic heterocycles. The fourth-order valence-electron chi connectivity index (χ4n) is 2.62. The van der Waals surface area contributed by atoms with Crippen LogP contribution in [0.2, 0.25) is 0 Å². The summed E-state index contributed by atoms with van der Waals surface area (Å²) in [5.74, 6) is 0.870. The van der Waals surface area contributed by atoms with Crippen LogP contribution in [0.1, 0.15) is 44.9 Å². The van der Waals surface area contributed by atoms with Crippen LogP contribution in [-0.4, -0.2) is 17.5 Å². The van der Waals surface area contributed by atoms with E-state index in [1.165, 1.54) is 44.9 Å². The highest BCUT2D eigenvalue weighted by molar-refractivity contribution is 9.09. The lowest BCUT2D eigenvalue weighted by molar-refractivity contribution is -0.0272. The molecule has 1 saturated carbocycles. The lowest BCUT2D eigenvalue weighted by Gasteiger charge is -2.34. The lowest BCUT2D eigenvalue weighted by atomic mass is 9.83. The molecule has 2 aliphatic rings. The van der Waals surface area contributed by atoms with Crippen molar-refractivity contribution in [3.63, 3.8) is 0 Å². The SMILES string of the molecule is Br[C@@H]1CCO[C@H](C2CCCCC2)C1. The molecular formula is C11H19BrO. The maximum atomic E-state index is 5.86. The van der Waals surface area contributed by atoms with Crippen molar-refractivity contribution < 1.29 is 4.74 Å². The van der Waals surface area contributed by atoms with Gasteiger partial charge >= 0.3 is 0 Å². The van der Waals surface area contributed by atoms with E-state index in [0.717, 1.165) is 12.5 Å². The highest BCUT2D eigenvalue weighted by atomic mass is 79.9. The van der Waals surface area contributed by atoms with Gasteiger partial charge in [-0.1, -0.05) is 35.2 Å². The number of ether oxygens (including phenoxy) is 1. The summed E-state index contributed by atoms with van der Waals surface area (Å²) in [6.45, 7) is 0.969. The van der Waals surface area contributed by atoms with Crippen molar-refractivity contribution in [1.82, 2.24) is 0 Å². The van der Waals surface area contributed by atoms with E-state index in [-0.39, 0.29) is 0 Å². The predicted octanol–water partition coefficient (Wildman–Crippen LogP) is 3.51. The van der Waals surface area contributed by atoms with E-state index in [2.05, 4.69) is 15.9 Å². The van der Waals surface area contributed by atoms with Gasteiger partial charge < -0.3 is 4.74 Å². The van der Waals surface area contributed by atoms with Crippen LogP contribution < -0.4 is 0 Å². The monoisotopic (exact) mass is 246 g/mol. The van der Waals surface area contributed by atoms with E-state index >= 15 is 0 Å². The molecule has 1 saturated heterocycles. The Labute approximate surface area is 89.4 Å². The molecule has 0 aromatic heterocycles. The van der Waals surface area contributed by atoms with Gasteiger partial charge in [0.2, 0.25) is 0 Å². The van der Waals surface area contributed by atoms with Gasteiger partial charge in [-0.3, -0.25) is 0 Å². The van der Waals surface area contributed by atoms with Gasteiger partial charge in [0.15, 0.2) is 0 Å². The Morgan fingerprint density at radius 3 is 2.46 bits per heavy atom. The van der Waals surface area contributed by atoms with Gasteiger partial charge in [0, 0.05) is 11.4 Å². The summed E-state index contributed by atoms with van der Waals surface area (Å²) in [6.07, 6.45) is 10.1. The quantitative estimate of drug-likeness (QED) is 0.644. The summed E-state index contributed by atoms with van der Waals surface area (Å²) in [5, 5.41) is 0. The van der Waals surface area contributed by atoms with Gasteiger partial charge in [-0.25, -0.2) is 0 Å². The van der Waals surface area contributed by atoms with Crippen molar-refractivity contribution in [1.29, 1.82) is 0 Å². The zero-order valence-corrected chi connectivity index (χ0v) is 9.76. The summed E-state index contributed by atoms with van der Waals surface area (Å²) < 4.78 is 5.86. The first-order valence-electron chi connectivity index (χ1n) is 5.62. The second kappa shape index (κ2) is 4.79. The third-order valence-corrected chi connectivity index (χ3v) is 4.26. The van der Waals surface area contributed by atoms with Crippen molar-refractivity contribution in [3.8, 4) is 0 Å². The van der Waals surface area contributed by atoms with Crippen LogP contribution in [0.25, 0.3) is 0 Å². The number of hydrogen-bond acceptors (Lipinski definition) is 1. The van der Waals surface area contributed by atoms with Crippen LogP contribution >= 0.6 is 15.9 Å². The molecule has 1 aliphatic carbocycles. The van der Waals surface area contributed by atoms with Crippen LogP contribution in [-0.2, 0) is 4.74 Å². The molecule has 1 nitrogen and oxygen atoms in total. The average Bonchev–Trinajstić information content (AvgIpc) is 2.19. The Hall–Kier alpha value is 0.440. The third-order valence-electron chi connectivity index (χ3n) is 3.43. The fourth-order valence-corrected chi connectivity index (χ4v) is 3.18. The fraction of sp³-hybridized carbons (Fsp3) is 1.00. The molecule has 0 amide bonds. The van der Waals surface area contributed by atoms with Crippen LogP contribution in [0.4, 0.5) is 0 Å². The molecule has 0 aromatic carbocycles. The summed E-state index contributed by atoms with van der Waals surface area (Å²) in [4.78, 5) is 0.716. The molecule has 0 N–H and O–H groups in total. The molecule has 0 radical (unpaired) electrons. The van der Waals surface area contributed by atoms with Gasteiger partial charge in [0.1, 0.15) is 0 Å². The largest absolute Gasteiger partial charge is 0.378 e. The Kier molecular flexibility index (Phi) is 3.67. The molecule has 2 atom stereocenters. The second-order valence-corrected chi connectivity index (χ2v) is 5.72. The maximum absolute atomic E-state index is 5.86. The second-order valence-electron chi connectivity index (χ2n) is 4.43. The maximum Gasteiger partial charge on any atom is 0.0613 e. The molecule has 76 valence electrons. The van der Waals surface area contributed by atoms with E-state index < -0.39 is 0 Å². The number of hydrogen-bond donors (Lipinski definition) is 0. The van der Waals surface area contributed by atoms with Crippen molar-refractivity contribution in [2.75, 3.05) is 6.61 Å². The topological polar surface area (TPSA) is 9.23 Å². The van der Waals surface area contributed by atoms with Gasteiger partial charge in [-0.05, 0) is 31.6 Å². The molecule has 2 rings (SSSR count). The summed E-state index contributed by atoms with van der Waals surface area (Å²) in [7, 11) is 0. The number of alkyl halides is 1. The van der Waals surface area contributed by atoms with E-state index in [1.807, 2.05) is 0 Å². The summed E-state index contributed by atoms with van der Waals surface area (Å²) in [6, 6.07) is 0. The highest BCUT2D eigenvalue weighted by Crippen LogP contribution is 2.33. The molecule has 0 spiro atoms. The zero-order valence-electron chi connectivity index (χ0n) is 8.18. The molecule has 1 heterocycles. The highest BCUT2D eigenvalue weighted by Gasteiger charge is 2.28. The molecule has 2 fully saturated rings. The molecule has 2 heteroatoms. The smallest absolute Gasteiger partial charge is 0.0613 e. The van der Waals surface area contributed by atoms with Gasteiger partial charge in [0.25, 0.3) is 0 Å². The predicted molar refractivity (Wildman–Crippen MR) is 58.3 cm³/mol. The summed E-state index contributed by atoms with van der Waals surface area (Å²) in [5.41, 5.74) is 0. The van der Waals surface area contributed by atoms with E-state index in [1.54, 1.807) is 0 Å². The van der Waals surface area contributed by atoms with Crippen LogP contribution in [0.5, 0.6) is 0 Å². The van der Waals surface area contributed by atoms with E-state index in [9.17, 15) is 0 Å².